The van der Waals surface area contributed by atoms with Gasteiger partial charge in [-0.25, -0.2) is 4.98 Å². The SMILES string of the molecule is O=c1c2sc3ccccc3c2nc(-c2ccc(-c3ccccc3)cc2)n1CCc1ccccc1. The van der Waals surface area contributed by atoms with Crippen LogP contribution in [-0.4, -0.2) is 9.55 Å². The monoisotopic (exact) mass is 458 g/mol. The summed E-state index contributed by atoms with van der Waals surface area (Å²) in [6.45, 7) is 0.579. The Balaban J connectivity index is 1.50. The first-order valence-electron chi connectivity index (χ1n) is 11.4. The molecule has 0 aliphatic heterocycles. The first-order valence-corrected chi connectivity index (χ1v) is 12.2. The number of hydrogen-bond donors (Lipinski definition) is 0. The molecule has 0 fully saturated rings. The Morgan fingerprint density at radius 3 is 2.06 bits per heavy atom. The van der Waals surface area contributed by atoms with Gasteiger partial charge in [0.05, 0.1) is 5.52 Å². The van der Waals surface area contributed by atoms with Crippen LogP contribution in [0.1, 0.15) is 5.56 Å². The second-order valence-corrected chi connectivity index (χ2v) is 9.40. The van der Waals surface area contributed by atoms with E-state index in [1.165, 1.54) is 22.5 Å². The van der Waals surface area contributed by atoms with E-state index >= 15 is 0 Å². The summed E-state index contributed by atoms with van der Waals surface area (Å²) in [5.74, 6) is 0.719. The molecule has 0 atom stereocenters. The maximum atomic E-state index is 13.7. The molecule has 0 N–H and O–H groups in total. The zero-order valence-corrected chi connectivity index (χ0v) is 19.3. The zero-order chi connectivity index (χ0) is 22.9. The summed E-state index contributed by atoms with van der Waals surface area (Å²) in [5, 5.41) is 1.04. The fraction of sp³-hybridized carbons (Fsp3) is 0.0667. The maximum Gasteiger partial charge on any atom is 0.271 e. The standard InChI is InChI=1S/C30H22N2OS/c33-30-28-27(25-13-7-8-14-26(25)34-28)31-29(32(30)20-19-21-9-3-1-4-10-21)24-17-15-23(16-18-24)22-11-5-2-6-12-22/h1-18H,19-20H2. The molecule has 2 heterocycles. The highest BCUT2D eigenvalue weighted by molar-refractivity contribution is 7.25. The van der Waals surface area contributed by atoms with E-state index in [-0.39, 0.29) is 5.56 Å². The summed E-state index contributed by atoms with van der Waals surface area (Å²) in [4.78, 5) is 18.8. The van der Waals surface area contributed by atoms with Crippen molar-refractivity contribution < 1.29 is 0 Å². The number of fused-ring (bicyclic) bond motifs is 3. The minimum atomic E-state index is 0.0317. The summed E-state index contributed by atoms with van der Waals surface area (Å²) in [6, 6.07) is 37.1. The molecule has 0 radical (unpaired) electrons. The van der Waals surface area contributed by atoms with Gasteiger partial charge < -0.3 is 0 Å². The van der Waals surface area contributed by atoms with E-state index in [2.05, 4.69) is 60.7 Å². The predicted octanol–water partition coefficient (Wildman–Crippen LogP) is 7.19. The van der Waals surface area contributed by atoms with Crippen LogP contribution in [0.25, 0.3) is 42.8 Å². The van der Waals surface area contributed by atoms with Gasteiger partial charge in [-0.2, -0.15) is 0 Å². The van der Waals surface area contributed by atoms with Gasteiger partial charge in [0.25, 0.3) is 5.56 Å². The second-order valence-electron chi connectivity index (χ2n) is 8.35. The van der Waals surface area contributed by atoms with Crippen molar-refractivity contribution in [1.29, 1.82) is 0 Å². The highest BCUT2D eigenvalue weighted by Crippen LogP contribution is 2.32. The Bertz CT molecular complexity index is 1650. The third kappa shape index (κ3) is 3.72. The number of aromatic nitrogens is 2. The van der Waals surface area contributed by atoms with Crippen LogP contribution in [-0.2, 0) is 13.0 Å². The van der Waals surface area contributed by atoms with E-state index in [1.54, 1.807) is 0 Å². The van der Waals surface area contributed by atoms with Crippen molar-refractivity contribution in [2.75, 3.05) is 0 Å². The lowest BCUT2D eigenvalue weighted by atomic mass is 10.0. The summed E-state index contributed by atoms with van der Waals surface area (Å²) in [5.41, 5.74) is 5.29. The second kappa shape index (κ2) is 8.73. The molecule has 0 bridgehead atoms. The predicted molar refractivity (Wildman–Crippen MR) is 142 cm³/mol. The van der Waals surface area contributed by atoms with Crippen molar-refractivity contribution in [2.24, 2.45) is 0 Å². The van der Waals surface area contributed by atoms with E-state index in [0.29, 0.717) is 6.54 Å². The van der Waals surface area contributed by atoms with Gasteiger partial charge >= 0.3 is 0 Å². The maximum absolute atomic E-state index is 13.7. The van der Waals surface area contributed by atoms with Gasteiger partial charge in [0.2, 0.25) is 0 Å². The van der Waals surface area contributed by atoms with Crippen LogP contribution in [0.2, 0.25) is 0 Å². The highest BCUT2D eigenvalue weighted by Gasteiger charge is 2.17. The molecule has 4 aromatic carbocycles. The lowest BCUT2D eigenvalue weighted by Crippen LogP contribution is -2.23. The molecule has 0 unspecified atom stereocenters. The van der Waals surface area contributed by atoms with Gasteiger partial charge in [0, 0.05) is 22.2 Å². The molecule has 34 heavy (non-hydrogen) atoms. The van der Waals surface area contributed by atoms with Crippen molar-refractivity contribution in [3.8, 4) is 22.5 Å². The number of nitrogens with zero attached hydrogens (tertiary/aromatic N) is 2. The Hall–Kier alpha value is -4.02. The van der Waals surface area contributed by atoms with E-state index in [0.717, 1.165) is 43.7 Å². The molecule has 4 heteroatoms. The fourth-order valence-electron chi connectivity index (χ4n) is 4.43. The van der Waals surface area contributed by atoms with Crippen LogP contribution in [0.5, 0.6) is 0 Å². The molecule has 0 aliphatic carbocycles. The Labute approximate surface area is 201 Å². The lowest BCUT2D eigenvalue weighted by molar-refractivity contribution is 0.672. The largest absolute Gasteiger partial charge is 0.291 e. The van der Waals surface area contributed by atoms with E-state index in [1.807, 2.05) is 53.1 Å². The van der Waals surface area contributed by atoms with E-state index in [9.17, 15) is 4.79 Å². The summed E-state index contributed by atoms with van der Waals surface area (Å²) in [7, 11) is 0. The van der Waals surface area contributed by atoms with Crippen LogP contribution >= 0.6 is 11.3 Å². The smallest absolute Gasteiger partial charge is 0.271 e. The molecule has 0 aliphatic rings. The number of aryl methyl sites for hydroxylation is 1. The number of benzene rings is 4. The molecule has 6 aromatic rings. The average molecular weight is 459 g/mol. The fourth-order valence-corrected chi connectivity index (χ4v) is 5.52. The van der Waals surface area contributed by atoms with Crippen molar-refractivity contribution in [2.45, 2.75) is 13.0 Å². The van der Waals surface area contributed by atoms with Gasteiger partial charge in [0.1, 0.15) is 10.5 Å². The molecular formula is C30H22N2OS. The van der Waals surface area contributed by atoms with Crippen LogP contribution in [0.3, 0.4) is 0 Å². The third-order valence-electron chi connectivity index (χ3n) is 6.20. The molecule has 0 amide bonds. The molecular weight excluding hydrogens is 436 g/mol. The minimum absolute atomic E-state index is 0.0317. The van der Waals surface area contributed by atoms with Crippen molar-refractivity contribution in [1.82, 2.24) is 9.55 Å². The summed E-state index contributed by atoms with van der Waals surface area (Å²) < 4.78 is 3.66. The van der Waals surface area contributed by atoms with Gasteiger partial charge in [-0.15, -0.1) is 11.3 Å². The van der Waals surface area contributed by atoms with Crippen LogP contribution in [0.4, 0.5) is 0 Å². The van der Waals surface area contributed by atoms with Gasteiger partial charge in [0.15, 0.2) is 0 Å². The van der Waals surface area contributed by atoms with Crippen LogP contribution in [0.15, 0.2) is 114 Å². The molecule has 164 valence electrons. The van der Waals surface area contributed by atoms with Crippen LogP contribution in [0, 0.1) is 0 Å². The lowest BCUT2D eigenvalue weighted by Gasteiger charge is -2.13. The average Bonchev–Trinajstić information content (AvgIpc) is 3.28. The zero-order valence-electron chi connectivity index (χ0n) is 18.5. The molecule has 2 aromatic heterocycles. The first kappa shape index (κ1) is 20.6. The highest BCUT2D eigenvalue weighted by atomic mass is 32.1. The number of thiophene rings is 1. The van der Waals surface area contributed by atoms with Crippen molar-refractivity contribution in [3.05, 3.63) is 125 Å². The third-order valence-corrected chi connectivity index (χ3v) is 7.35. The van der Waals surface area contributed by atoms with Crippen molar-refractivity contribution >= 4 is 31.6 Å². The molecule has 6 rings (SSSR count). The van der Waals surface area contributed by atoms with E-state index < -0.39 is 0 Å². The van der Waals surface area contributed by atoms with Gasteiger partial charge in [-0.3, -0.25) is 9.36 Å². The minimum Gasteiger partial charge on any atom is -0.291 e. The molecule has 3 nitrogen and oxygen atoms in total. The number of rotatable bonds is 5. The topological polar surface area (TPSA) is 34.9 Å². The first-order chi connectivity index (χ1) is 16.8. The number of hydrogen-bond acceptors (Lipinski definition) is 3. The Morgan fingerprint density at radius 1 is 0.676 bits per heavy atom. The summed E-state index contributed by atoms with van der Waals surface area (Å²) >= 11 is 1.53. The van der Waals surface area contributed by atoms with Crippen LogP contribution < -0.4 is 5.56 Å². The quantitative estimate of drug-likeness (QED) is 0.274. The molecule has 0 saturated carbocycles. The Morgan fingerprint density at radius 2 is 1.29 bits per heavy atom. The van der Waals surface area contributed by atoms with Gasteiger partial charge in [-0.05, 0) is 29.2 Å². The van der Waals surface area contributed by atoms with E-state index in [4.69, 9.17) is 4.98 Å². The van der Waals surface area contributed by atoms with Gasteiger partial charge in [-0.1, -0.05) is 103 Å². The molecule has 0 saturated heterocycles. The molecule has 0 spiro atoms. The normalized spacial score (nSPS) is 11.3. The van der Waals surface area contributed by atoms with Crippen molar-refractivity contribution in [3.63, 3.8) is 0 Å². The Kier molecular flexibility index (Phi) is 5.28. The summed E-state index contributed by atoms with van der Waals surface area (Å²) in [6.07, 6.45) is 0.772.